The van der Waals surface area contributed by atoms with E-state index in [1.54, 1.807) is 24.3 Å². The van der Waals surface area contributed by atoms with Crippen molar-refractivity contribution < 1.29 is 13.5 Å². The Kier molecular flexibility index (Phi) is 3.16. The van der Waals surface area contributed by atoms with Gasteiger partial charge >= 0.3 is 0 Å². The molecule has 0 aliphatic carbocycles. The van der Waals surface area contributed by atoms with E-state index in [4.69, 9.17) is 0 Å². The lowest BCUT2D eigenvalue weighted by Crippen LogP contribution is -2.38. The molecule has 0 atom stereocenters. The second-order valence-electron chi connectivity index (χ2n) is 3.88. The zero-order chi connectivity index (χ0) is 11.6. The molecule has 4 nitrogen and oxygen atoms in total. The molecule has 0 spiro atoms. The highest BCUT2D eigenvalue weighted by atomic mass is 32.2. The van der Waals surface area contributed by atoms with E-state index in [0.717, 1.165) is 12.8 Å². The number of aliphatic hydroxyl groups is 1. The van der Waals surface area contributed by atoms with Crippen molar-refractivity contribution in [2.75, 3.05) is 16.6 Å². The maximum atomic E-state index is 11.9. The molecular weight excluding hydrogens is 226 g/mol. The van der Waals surface area contributed by atoms with E-state index < -0.39 is 10.0 Å². The molecule has 0 aromatic heterocycles. The van der Waals surface area contributed by atoms with E-state index in [-0.39, 0.29) is 12.4 Å². The second kappa shape index (κ2) is 4.43. The van der Waals surface area contributed by atoms with E-state index in [9.17, 15) is 13.5 Å². The predicted octanol–water partition coefficient (Wildman–Crippen LogP) is 1.11. The summed E-state index contributed by atoms with van der Waals surface area (Å²) in [6, 6.07) is 7.08. The average molecular weight is 241 g/mol. The summed E-state index contributed by atoms with van der Waals surface area (Å²) in [7, 11) is -3.19. The lowest BCUT2D eigenvalue weighted by molar-refractivity contribution is 0.282. The van der Waals surface area contributed by atoms with Gasteiger partial charge in [-0.25, -0.2) is 8.42 Å². The molecule has 1 aromatic carbocycles. The van der Waals surface area contributed by atoms with Gasteiger partial charge in [0.05, 0.1) is 18.0 Å². The first-order valence-corrected chi connectivity index (χ1v) is 6.95. The quantitative estimate of drug-likeness (QED) is 0.843. The van der Waals surface area contributed by atoms with Gasteiger partial charge in [0.1, 0.15) is 0 Å². The molecule has 0 unspecified atom stereocenters. The average Bonchev–Trinajstić information content (AvgIpc) is 2.28. The molecular formula is C11H15NO3S. The van der Waals surface area contributed by atoms with Crippen LogP contribution >= 0.6 is 0 Å². The third kappa shape index (κ3) is 2.05. The van der Waals surface area contributed by atoms with Gasteiger partial charge in [0.2, 0.25) is 10.0 Å². The largest absolute Gasteiger partial charge is 0.392 e. The van der Waals surface area contributed by atoms with Crippen molar-refractivity contribution in [3.8, 4) is 0 Å². The maximum absolute atomic E-state index is 11.9. The van der Waals surface area contributed by atoms with E-state index in [1.165, 1.54) is 4.31 Å². The van der Waals surface area contributed by atoms with Gasteiger partial charge in [-0.15, -0.1) is 0 Å². The third-order valence-electron chi connectivity index (χ3n) is 2.78. The topological polar surface area (TPSA) is 57.6 Å². The molecule has 1 aliphatic heterocycles. The normalized spacial score (nSPS) is 19.7. The van der Waals surface area contributed by atoms with Crippen LogP contribution in [-0.4, -0.2) is 25.8 Å². The van der Waals surface area contributed by atoms with E-state index in [2.05, 4.69) is 0 Å². The first kappa shape index (κ1) is 11.4. The Hall–Kier alpha value is -1.07. The third-order valence-corrected chi connectivity index (χ3v) is 4.64. The van der Waals surface area contributed by atoms with Crippen molar-refractivity contribution in [2.24, 2.45) is 0 Å². The van der Waals surface area contributed by atoms with Crippen LogP contribution in [0.4, 0.5) is 5.69 Å². The number of sulfonamides is 1. The summed E-state index contributed by atoms with van der Waals surface area (Å²) < 4.78 is 25.2. The van der Waals surface area contributed by atoms with E-state index in [0.29, 0.717) is 17.8 Å². The zero-order valence-corrected chi connectivity index (χ0v) is 9.78. The minimum atomic E-state index is -3.19. The molecule has 0 saturated carbocycles. The summed E-state index contributed by atoms with van der Waals surface area (Å²) in [5.74, 6) is 0.201. The Morgan fingerprint density at radius 3 is 2.69 bits per heavy atom. The van der Waals surface area contributed by atoms with E-state index >= 15 is 0 Å². The van der Waals surface area contributed by atoms with Crippen LogP contribution in [-0.2, 0) is 16.6 Å². The molecule has 88 valence electrons. The summed E-state index contributed by atoms with van der Waals surface area (Å²) in [5, 5.41) is 9.20. The van der Waals surface area contributed by atoms with Gasteiger partial charge in [0.25, 0.3) is 0 Å². The van der Waals surface area contributed by atoms with Crippen LogP contribution in [0.15, 0.2) is 24.3 Å². The van der Waals surface area contributed by atoms with E-state index in [1.807, 2.05) is 0 Å². The molecule has 0 amide bonds. The monoisotopic (exact) mass is 241 g/mol. The van der Waals surface area contributed by atoms with Crippen LogP contribution in [0.1, 0.15) is 18.4 Å². The number of anilines is 1. The molecule has 2 rings (SSSR count). The fourth-order valence-electron chi connectivity index (χ4n) is 1.95. The van der Waals surface area contributed by atoms with Gasteiger partial charge in [-0.05, 0) is 18.9 Å². The summed E-state index contributed by atoms with van der Waals surface area (Å²) in [5.41, 5.74) is 1.28. The van der Waals surface area contributed by atoms with Crippen LogP contribution in [0.3, 0.4) is 0 Å². The fourth-order valence-corrected chi connectivity index (χ4v) is 3.62. The van der Waals surface area contributed by atoms with Crippen molar-refractivity contribution in [1.82, 2.24) is 0 Å². The number of nitrogens with zero attached hydrogens (tertiary/aromatic N) is 1. The highest BCUT2D eigenvalue weighted by molar-refractivity contribution is 7.92. The van der Waals surface area contributed by atoms with Crippen LogP contribution in [0.25, 0.3) is 0 Å². The minimum absolute atomic E-state index is 0.137. The van der Waals surface area contributed by atoms with Crippen molar-refractivity contribution in [3.63, 3.8) is 0 Å². The number of hydrogen-bond acceptors (Lipinski definition) is 3. The van der Waals surface area contributed by atoms with Gasteiger partial charge < -0.3 is 5.11 Å². The Morgan fingerprint density at radius 2 is 2.00 bits per heavy atom. The van der Waals surface area contributed by atoms with Crippen molar-refractivity contribution in [1.29, 1.82) is 0 Å². The van der Waals surface area contributed by atoms with Crippen molar-refractivity contribution >= 4 is 15.7 Å². The van der Waals surface area contributed by atoms with Gasteiger partial charge in [-0.3, -0.25) is 4.31 Å². The summed E-state index contributed by atoms with van der Waals surface area (Å²) in [6.07, 6.45) is 1.60. The van der Waals surface area contributed by atoms with Crippen molar-refractivity contribution in [3.05, 3.63) is 29.8 Å². The molecule has 1 aliphatic rings. The Morgan fingerprint density at radius 1 is 1.25 bits per heavy atom. The zero-order valence-electron chi connectivity index (χ0n) is 8.96. The van der Waals surface area contributed by atoms with Gasteiger partial charge in [-0.2, -0.15) is 0 Å². The number of rotatable bonds is 2. The molecule has 0 radical (unpaired) electrons. The lowest BCUT2D eigenvalue weighted by Gasteiger charge is -2.29. The van der Waals surface area contributed by atoms with Crippen LogP contribution < -0.4 is 4.31 Å². The summed E-state index contributed by atoms with van der Waals surface area (Å²) >= 11 is 0. The highest BCUT2D eigenvalue weighted by Crippen LogP contribution is 2.26. The molecule has 1 aromatic rings. The molecule has 16 heavy (non-hydrogen) atoms. The number of aliphatic hydroxyl groups excluding tert-OH is 1. The lowest BCUT2D eigenvalue weighted by atomic mass is 10.2. The Bertz CT molecular complexity index is 470. The molecule has 1 fully saturated rings. The molecule has 0 bridgehead atoms. The van der Waals surface area contributed by atoms with Crippen molar-refractivity contribution in [2.45, 2.75) is 19.4 Å². The number of benzene rings is 1. The Balaban J connectivity index is 2.42. The van der Waals surface area contributed by atoms with Gasteiger partial charge in [0, 0.05) is 12.1 Å². The molecule has 5 heteroatoms. The first-order valence-electron chi connectivity index (χ1n) is 5.34. The molecule has 1 heterocycles. The highest BCUT2D eigenvalue weighted by Gasteiger charge is 2.27. The van der Waals surface area contributed by atoms with Crippen LogP contribution in [0.2, 0.25) is 0 Å². The molecule has 1 N–H and O–H groups in total. The second-order valence-corrected chi connectivity index (χ2v) is 5.89. The fraction of sp³-hybridized carbons (Fsp3) is 0.455. The summed E-state index contributed by atoms with van der Waals surface area (Å²) in [4.78, 5) is 0. The first-order chi connectivity index (χ1) is 7.65. The minimum Gasteiger partial charge on any atom is -0.392 e. The SMILES string of the molecule is O=S1(=O)CCCCN1c1ccccc1CO. The van der Waals surface area contributed by atoms with Gasteiger partial charge in [-0.1, -0.05) is 18.2 Å². The predicted molar refractivity (Wildman–Crippen MR) is 62.7 cm³/mol. The number of para-hydroxylation sites is 1. The van der Waals surface area contributed by atoms with Gasteiger partial charge in [0.15, 0.2) is 0 Å². The number of hydrogen-bond donors (Lipinski definition) is 1. The summed E-state index contributed by atoms with van der Waals surface area (Å²) in [6.45, 7) is 0.377. The maximum Gasteiger partial charge on any atom is 0.235 e. The smallest absolute Gasteiger partial charge is 0.235 e. The standard InChI is InChI=1S/C11H15NO3S/c13-9-10-5-1-2-6-11(10)12-7-3-4-8-16(12,14)15/h1-2,5-6,13H,3-4,7-9H2. The van der Waals surface area contributed by atoms with Crippen LogP contribution in [0, 0.1) is 0 Å². The van der Waals surface area contributed by atoms with Crippen LogP contribution in [0.5, 0.6) is 0 Å². The Labute approximate surface area is 95.6 Å². The molecule has 1 saturated heterocycles.